The van der Waals surface area contributed by atoms with E-state index in [1.165, 1.54) is 18.5 Å². The quantitative estimate of drug-likeness (QED) is 0.824. The summed E-state index contributed by atoms with van der Waals surface area (Å²) in [5.74, 6) is 0. The number of likely N-dealkylation sites (tertiary alicyclic amines) is 1. The summed E-state index contributed by atoms with van der Waals surface area (Å²) in [5.41, 5.74) is 1.75. The SMILES string of the molecule is Cc1ccc(N2CCC(N3CCC4(CC3)CC(C)(O)CCO4)CC2)cc1Cl. The number of aryl methyl sites for hydroxylation is 1. The first-order valence-electron chi connectivity index (χ1n) is 10.5. The fourth-order valence-corrected chi connectivity index (χ4v) is 5.38. The van der Waals surface area contributed by atoms with Crippen LogP contribution in [0, 0.1) is 6.92 Å². The molecule has 0 amide bonds. The molecule has 1 atom stereocenters. The van der Waals surface area contributed by atoms with Crippen LogP contribution in [0.25, 0.3) is 0 Å². The monoisotopic (exact) mass is 392 g/mol. The highest BCUT2D eigenvalue weighted by molar-refractivity contribution is 6.31. The van der Waals surface area contributed by atoms with Gasteiger partial charge in [-0.05, 0) is 63.6 Å². The van der Waals surface area contributed by atoms with Gasteiger partial charge in [0, 0.05) is 49.4 Å². The molecule has 3 saturated heterocycles. The number of hydrogen-bond donors (Lipinski definition) is 1. The average molecular weight is 393 g/mol. The van der Waals surface area contributed by atoms with Gasteiger partial charge in [-0.15, -0.1) is 0 Å². The zero-order chi connectivity index (χ0) is 19.1. The third-order valence-electron chi connectivity index (χ3n) is 6.96. The van der Waals surface area contributed by atoms with E-state index in [2.05, 4.69) is 34.9 Å². The number of benzene rings is 1. The Labute approximate surface area is 168 Å². The summed E-state index contributed by atoms with van der Waals surface area (Å²) in [6, 6.07) is 7.09. The van der Waals surface area contributed by atoms with Gasteiger partial charge in [-0.2, -0.15) is 0 Å². The van der Waals surface area contributed by atoms with E-state index in [4.69, 9.17) is 16.3 Å². The lowest BCUT2D eigenvalue weighted by molar-refractivity contribution is -0.175. The molecule has 3 aliphatic heterocycles. The van der Waals surface area contributed by atoms with E-state index in [0.717, 1.165) is 62.4 Å². The molecular weight excluding hydrogens is 360 g/mol. The fraction of sp³-hybridized carbons (Fsp3) is 0.727. The number of halogens is 1. The second kappa shape index (κ2) is 7.55. The zero-order valence-corrected chi connectivity index (χ0v) is 17.5. The Hall–Kier alpha value is -0.810. The maximum absolute atomic E-state index is 10.5. The van der Waals surface area contributed by atoms with Gasteiger partial charge in [0.25, 0.3) is 0 Å². The van der Waals surface area contributed by atoms with Crippen LogP contribution in [0.4, 0.5) is 5.69 Å². The lowest BCUT2D eigenvalue weighted by Gasteiger charge is -2.50. The molecule has 0 saturated carbocycles. The zero-order valence-electron chi connectivity index (χ0n) is 16.7. The van der Waals surface area contributed by atoms with Crippen LogP contribution in [0.3, 0.4) is 0 Å². The van der Waals surface area contributed by atoms with Crippen molar-refractivity contribution in [2.24, 2.45) is 0 Å². The fourth-order valence-electron chi connectivity index (χ4n) is 5.21. The van der Waals surface area contributed by atoms with Crippen LogP contribution < -0.4 is 4.90 Å². The number of piperidine rings is 2. The smallest absolute Gasteiger partial charge is 0.0734 e. The van der Waals surface area contributed by atoms with Crippen LogP contribution in [0.5, 0.6) is 0 Å². The molecule has 1 aromatic carbocycles. The summed E-state index contributed by atoms with van der Waals surface area (Å²) in [6.07, 6.45) is 6.07. The third kappa shape index (κ3) is 4.29. The average Bonchev–Trinajstić information content (AvgIpc) is 2.64. The molecule has 4 nitrogen and oxygen atoms in total. The van der Waals surface area contributed by atoms with Crippen LogP contribution in [-0.4, -0.2) is 60.0 Å². The minimum atomic E-state index is -0.554. The molecule has 3 heterocycles. The lowest BCUT2D eigenvalue weighted by atomic mass is 9.77. The second-order valence-electron chi connectivity index (χ2n) is 9.14. The van der Waals surface area contributed by atoms with Gasteiger partial charge in [0.05, 0.1) is 17.8 Å². The van der Waals surface area contributed by atoms with Gasteiger partial charge in [-0.1, -0.05) is 17.7 Å². The number of ether oxygens (including phenoxy) is 1. The van der Waals surface area contributed by atoms with Crippen molar-refractivity contribution in [1.82, 2.24) is 4.90 Å². The van der Waals surface area contributed by atoms with Crippen molar-refractivity contribution in [3.05, 3.63) is 28.8 Å². The normalized spacial score (nSPS) is 30.0. The van der Waals surface area contributed by atoms with Gasteiger partial charge in [-0.3, -0.25) is 0 Å². The summed E-state index contributed by atoms with van der Waals surface area (Å²) in [5, 5.41) is 11.3. The van der Waals surface area contributed by atoms with E-state index in [-0.39, 0.29) is 5.60 Å². The van der Waals surface area contributed by atoms with Crippen molar-refractivity contribution in [2.75, 3.05) is 37.7 Å². The Morgan fingerprint density at radius 1 is 1.11 bits per heavy atom. The molecule has 27 heavy (non-hydrogen) atoms. The molecule has 0 radical (unpaired) electrons. The highest BCUT2D eigenvalue weighted by Gasteiger charge is 2.45. The molecular formula is C22H33ClN2O2. The van der Waals surface area contributed by atoms with Gasteiger partial charge in [-0.25, -0.2) is 0 Å². The molecule has 0 aliphatic carbocycles. The molecule has 4 rings (SSSR count). The number of aliphatic hydroxyl groups is 1. The molecule has 150 valence electrons. The molecule has 5 heteroatoms. The summed E-state index contributed by atoms with van der Waals surface area (Å²) >= 11 is 6.31. The first kappa shape index (κ1) is 19.5. The van der Waals surface area contributed by atoms with Crippen LogP contribution >= 0.6 is 11.6 Å². The van der Waals surface area contributed by atoms with Crippen LogP contribution in [0.2, 0.25) is 5.02 Å². The van der Waals surface area contributed by atoms with Crippen LogP contribution in [0.15, 0.2) is 18.2 Å². The second-order valence-corrected chi connectivity index (χ2v) is 9.55. The minimum Gasteiger partial charge on any atom is -0.390 e. The van der Waals surface area contributed by atoms with E-state index in [0.29, 0.717) is 12.6 Å². The summed E-state index contributed by atoms with van der Waals surface area (Å²) in [7, 11) is 0. The Kier molecular flexibility index (Phi) is 5.45. The van der Waals surface area contributed by atoms with E-state index >= 15 is 0 Å². The summed E-state index contributed by atoms with van der Waals surface area (Å²) in [6.45, 7) is 9.10. The Morgan fingerprint density at radius 2 is 1.81 bits per heavy atom. The van der Waals surface area contributed by atoms with Gasteiger partial charge in [0.1, 0.15) is 0 Å². The first-order chi connectivity index (χ1) is 12.9. The molecule has 3 fully saturated rings. The third-order valence-corrected chi connectivity index (χ3v) is 7.37. The predicted octanol–water partition coefficient (Wildman–Crippen LogP) is 4.01. The van der Waals surface area contributed by atoms with E-state index in [9.17, 15) is 5.11 Å². The maximum atomic E-state index is 10.5. The molecule has 1 spiro atoms. The van der Waals surface area contributed by atoms with Crippen molar-refractivity contribution < 1.29 is 9.84 Å². The summed E-state index contributed by atoms with van der Waals surface area (Å²) in [4.78, 5) is 5.13. The first-order valence-corrected chi connectivity index (χ1v) is 10.9. The highest BCUT2D eigenvalue weighted by atomic mass is 35.5. The van der Waals surface area contributed by atoms with Crippen molar-refractivity contribution >= 4 is 17.3 Å². The minimum absolute atomic E-state index is 0.0857. The molecule has 3 aliphatic rings. The van der Waals surface area contributed by atoms with E-state index < -0.39 is 5.60 Å². The van der Waals surface area contributed by atoms with Crippen LogP contribution in [-0.2, 0) is 4.74 Å². The molecule has 0 aromatic heterocycles. The Morgan fingerprint density at radius 3 is 2.44 bits per heavy atom. The highest BCUT2D eigenvalue weighted by Crippen LogP contribution is 2.40. The lowest BCUT2D eigenvalue weighted by Crippen LogP contribution is -2.56. The van der Waals surface area contributed by atoms with E-state index in [1.54, 1.807) is 0 Å². The largest absolute Gasteiger partial charge is 0.390 e. The molecule has 1 unspecified atom stereocenters. The van der Waals surface area contributed by atoms with Gasteiger partial charge < -0.3 is 19.6 Å². The van der Waals surface area contributed by atoms with Gasteiger partial charge in [0.2, 0.25) is 0 Å². The van der Waals surface area contributed by atoms with Crippen molar-refractivity contribution in [3.63, 3.8) is 0 Å². The summed E-state index contributed by atoms with van der Waals surface area (Å²) < 4.78 is 6.17. The van der Waals surface area contributed by atoms with Gasteiger partial charge in [0.15, 0.2) is 0 Å². The molecule has 0 bridgehead atoms. The van der Waals surface area contributed by atoms with E-state index in [1.807, 2.05) is 6.92 Å². The molecule has 1 aromatic rings. The van der Waals surface area contributed by atoms with Crippen molar-refractivity contribution in [3.8, 4) is 0 Å². The standard InChI is InChI=1S/C22H33ClN2O2/c1-17-3-4-19(15-20(17)23)24-10-5-18(6-11-24)25-12-7-22(8-13-25)16-21(2,26)9-14-27-22/h3-4,15,18,26H,5-14,16H2,1-2H3. The molecule has 1 N–H and O–H groups in total. The predicted molar refractivity (Wildman–Crippen MR) is 111 cm³/mol. The number of hydrogen-bond acceptors (Lipinski definition) is 4. The van der Waals surface area contributed by atoms with Gasteiger partial charge >= 0.3 is 0 Å². The number of rotatable bonds is 2. The van der Waals surface area contributed by atoms with Crippen molar-refractivity contribution in [2.45, 2.75) is 69.6 Å². The Balaban J connectivity index is 1.30. The van der Waals surface area contributed by atoms with Crippen molar-refractivity contribution in [1.29, 1.82) is 0 Å². The number of anilines is 1. The Bertz CT molecular complexity index is 662. The van der Waals surface area contributed by atoms with Crippen LogP contribution in [0.1, 0.15) is 51.0 Å². The topological polar surface area (TPSA) is 35.9 Å². The maximum Gasteiger partial charge on any atom is 0.0734 e. The number of nitrogens with zero attached hydrogens (tertiary/aromatic N) is 2.